The van der Waals surface area contributed by atoms with Gasteiger partial charge in [0.1, 0.15) is 17.7 Å². The summed E-state index contributed by atoms with van der Waals surface area (Å²) < 4.78 is 27.0. The van der Waals surface area contributed by atoms with Gasteiger partial charge in [-0.3, -0.25) is 0 Å². The molecular formula is C14H9BrF2N2O2. The molecule has 0 saturated heterocycles. The van der Waals surface area contributed by atoms with Gasteiger partial charge in [-0.2, -0.15) is 0 Å². The van der Waals surface area contributed by atoms with E-state index in [1.165, 1.54) is 0 Å². The second-order valence-electron chi connectivity index (χ2n) is 4.60. The topological polar surface area (TPSA) is 68.9 Å². The van der Waals surface area contributed by atoms with Crippen LogP contribution >= 0.6 is 15.9 Å². The summed E-state index contributed by atoms with van der Waals surface area (Å²) in [5.74, 6) is -1.53. The first kappa shape index (κ1) is 14.0. The molecule has 0 spiro atoms. The van der Waals surface area contributed by atoms with Crippen molar-refractivity contribution in [1.29, 1.82) is 0 Å². The van der Waals surface area contributed by atoms with E-state index in [1.807, 2.05) is 0 Å². The van der Waals surface area contributed by atoms with Gasteiger partial charge in [-0.05, 0) is 29.8 Å². The minimum atomic E-state index is -1.23. The maximum absolute atomic E-state index is 13.2. The number of aromatic amines is 2. The molecule has 4 nitrogen and oxygen atoms in total. The number of hydrogen-bond acceptors (Lipinski definition) is 2. The van der Waals surface area contributed by atoms with Crippen molar-refractivity contribution in [3.05, 3.63) is 68.1 Å². The Morgan fingerprint density at radius 1 is 1.00 bits per heavy atom. The molecule has 1 aromatic heterocycles. The summed E-state index contributed by atoms with van der Waals surface area (Å²) in [6.45, 7) is 0. The van der Waals surface area contributed by atoms with Crippen molar-refractivity contribution >= 4 is 27.0 Å². The molecule has 0 saturated carbocycles. The van der Waals surface area contributed by atoms with Crippen LogP contribution in [0.25, 0.3) is 11.0 Å². The fourth-order valence-electron chi connectivity index (χ4n) is 2.19. The number of aliphatic hydroxyl groups is 1. The number of aromatic nitrogens is 2. The molecule has 0 amide bonds. The first-order valence-electron chi connectivity index (χ1n) is 5.99. The number of hydrogen-bond donors (Lipinski definition) is 3. The molecule has 108 valence electrons. The monoisotopic (exact) mass is 354 g/mol. The number of fused-ring (bicyclic) bond motifs is 1. The quantitative estimate of drug-likeness (QED) is 0.662. The summed E-state index contributed by atoms with van der Waals surface area (Å²) in [5, 5.41) is 10.3. The molecule has 1 heterocycles. The van der Waals surface area contributed by atoms with Gasteiger partial charge >= 0.3 is 5.69 Å². The van der Waals surface area contributed by atoms with Gasteiger partial charge in [-0.15, -0.1) is 0 Å². The van der Waals surface area contributed by atoms with Crippen molar-refractivity contribution in [3.63, 3.8) is 0 Å². The average Bonchev–Trinajstić information content (AvgIpc) is 2.75. The second-order valence-corrected chi connectivity index (χ2v) is 5.46. The molecule has 0 radical (unpaired) electrons. The normalized spacial score (nSPS) is 12.8. The third-order valence-electron chi connectivity index (χ3n) is 3.13. The highest BCUT2D eigenvalue weighted by molar-refractivity contribution is 9.10. The summed E-state index contributed by atoms with van der Waals surface area (Å²) in [4.78, 5) is 16.4. The van der Waals surface area contributed by atoms with Crippen molar-refractivity contribution in [2.45, 2.75) is 6.10 Å². The molecule has 0 bridgehead atoms. The molecule has 7 heteroatoms. The third-order valence-corrected chi connectivity index (χ3v) is 3.82. The van der Waals surface area contributed by atoms with Crippen LogP contribution in [0.5, 0.6) is 0 Å². The Morgan fingerprint density at radius 3 is 2.19 bits per heavy atom. The number of benzene rings is 2. The average molecular weight is 355 g/mol. The Labute approximate surface area is 125 Å². The lowest BCUT2D eigenvalue weighted by Gasteiger charge is -2.14. The molecule has 21 heavy (non-hydrogen) atoms. The van der Waals surface area contributed by atoms with Gasteiger partial charge < -0.3 is 15.1 Å². The van der Waals surface area contributed by atoms with Gasteiger partial charge in [-0.25, -0.2) is 13.6 Å². The van der Waals surface area contributed by atoms with E-state index >= 15 is 0 Å². The Balaban J connectivity index is 2.13. The summed E-state index contributed by atoms with van der Waals surface area (Å²) in [6, 6.07) is 6.01. The smallest absolute Gasteiger partial charge is 0.323 e. The van der Waals surface area contributed by atoms with Crippen LogP contribution in [0.4, 0.5) is 8.78 Å². The molecule has 3 rings (SSSR count). The van der Waals surface area contributed by atoms with Crippen molar-refractivity contribution in [2.75, 3.05) is 0 Å². The third kappa shape index (κ3) is 2.62. The van der Waals surface area contributed by atoms with Crippen LogP contribution in [-0.4, -0.2) is 15.1 Å². The summed E-state index contributed by atoms with van der Waals surface area (Å²) >= 11 is 3.28. The number of H-pyrrole nitrogens is 2. The fraction of sp³-hybridized carbons (Fsp3) is 0.0714. The predicted octanol–water partition coefficient (Wildman–Crippen LogP) is 2.98. The minimum absolute atomic E-state index is 0.0884. The summed E-state index contributed by atoms with van der Waals surface area (Å²) in [7, 11) is 0. The Kier molecular flexibility index (Phi) is 3.38. The van der Waals surface area contributed by atoms with Crippen LogP contribution in [0.1, 0.15) is 17.2 Å². The van der Waals surface area contributed by atoms with Gasteiger partial charge in [0.05, 0.1) is 11.0 Å². The summed E-state index contributed by atoms with van der Waals surface area (Å²) in [6.07, 6.45) is -1.23. The zero-order valence-corrected chi connectivity index (χ0v) is 12.0. The molecule has 0 aliphatic carbocycles. The van der Waals surface area contributed by atoms with E-state index in [1.54, 1.807) is 12.1 Å². The minimum Gasteiger partial charge on any atom is -0.384 e. The first-order chi connectivity index (χ1) is 9.94. The first-order valence-corrected chi connectivity index (χ1v) is 6.79. The van der Waals surface area contributed by atoms with Crippen LogP contribution in [0.15, 0.2) is 39.6 Å². The van der Waals surface area contributed by atoms with Gasteiger partial charge in [0.25, 0.3) is 0 Å². The SMILES string of the molecule is O=c1[nH]c2cc(Br)c(C(O)c3cc(F)cc(F)c3)cc2[nH]1. The van der Waals surface area contributed by atoms with Crippen molar-refractivity contribution in [3.8, 4) is 0 Å². The number of aliphatic hydroxyl groups excluding tert-OH is 1. The van der Waals surface area contributed by atoms with Crippen LogP contribution in [0.2, 0.25) is 0 Å². The fourth-order valence-corrected chi connectivity index (χ4v) is 2.76. The van der Waals surface area contributed by atoms with E-state index < -0.39 is 17.7 Å². The van der Waals surface area contributed by atoms with Crippen molar-refractivity contribution in [2.24, 2.45) is 0 Å². The highest BCUT2D eigenvalue weighted by Gasteiger charge is 2.17. The molecule has 3 N–H and O–H groups in total. The number of rotatable bonds is 2. The largest absolute Gasteiger partial charge is 0.384 e. The Morgan fingerprint density at radius 2 is 1.57 bits per heavy atom. The maximum atomic E-state index is 13.2. The Bertz CT molecular complexity index is 868. The lowest BCUT2D eigenvalue weighted by Crippen LogP contribution is -2.02. The molecule has 1 atom stereocenters. The summed E-state index contributed by atoms with van der Waals surface area (Å²) in [5.41, 5.74) is 1.16. The molecule has 0 fully saturated rings. The van der Waals surface area contributed by atoms with E-state index in [4.69, 9.17) is 0 Å². The standard InChI is InChI=1S/C14H9BrF2N2O2/c15-10-5-12-11(18-14(21)19-12)4-9(10)13(20)6-1-7(16)3-8(17)2-6/h1-5,13,20H,(H2,18,19,21). The van der Waals surface area contributed by atoms with Gasteiger partial charge in [-0.1, -0.05) is 15.9 Å². The molecule has 1 unspecified atom stereocenters. The zero-order valence-electron chi connectivity index (χ0n) is 10.5. The van der Waals surface area contributed by atoms with Crippen molar-refractivity contribution in [1.82, 2.24) is 9.97 Å². The van der Waals surface area contributed by atoms with E-state index in [-0.39, 0.29) is 11.3 Å². The van der Waals surface area contributed by atoms with Gasteiger partial charge in [0.15, 0.2) is 0 Å². The molecular weight excluding hydrogens is 346 g/mol. The van der Waals surface area contributed by atoms with E-state index in [9.17, 15) is 18.7 Å². The van der Waals surface area contributed by atoms with E-state index in [2.05, 4.69) is 25.9 Å². The van der Waals surface area contributed by atoms with Crippen LogP contribution in [0.3, 0.4) is 0 Å². The second kappa shape index (κ2) is 5.09. The number of halogens is 3. The molecule has 0 aliphatic heterocycles. The van der Waals surface area contributed by atoms with Gasteiger partial charge in [0.2, 0.25) is 0 Å². The zero-order chi connectivity index (χ0) is 15.1. The van der Waals surface area contributed by atoms with Crippen molar-refractivity contribution < 1.29 is 13.9 Å². The highest BCUT2D eigenvalue weighted by atomic mass is 79.9. The molecule has 0 aliphatic rings. The lowest BCUT2D eigenvalue weighted by atomic mass is 10.0. The van der Waals surface area contributed by atoms with E-state index in [0.717, 1.165) is 18.2 Å². The van der Waals surface area contributed by atoms with E-state index in [0.29, 0.717) is 21.1 Å². The number of nitrogens with one attached hydrogen (secondary N) is 2. The predicted molar refractivity (Wildman–Crippen MR) is 77.0 cm³/mol. The highest BCUT2D eigenvalue weighted by Crippen LogP contribution is 2.31. The maximum Gasteiger partial charge on any atom is 0.323 e. The molecule has 3 aromatic rings. The van der Waals surface area contributed by atoms with Gasteiger partial charge in [0, 0.05) is 16.1 Å². The molecule has 2 aromatic carbocycles. The van der Waals surface area contributed by atoms with Crippen LogP contribution in [0, 0.1) is 11.6 Å². The lowest BCUT2D eigenvalue weighted by molar-refractivity contribution is 0.218. The van der Waals surface area contributed by atoms with Crippen LogP contribution in [-0.2, 0) is 0 Å². The Hall–Kier alpha value is -1.99. The number of imidazole rings is 1. The van der Waals surface area contributed by atoms with Crippen LogP contribution < -0.4 is 5.69 Å².